The van der Waals surface area contributed by atoms with Gasteiger partial charge in [0.25, 0.3) is 0 Å². The monoisotopic (exact) mass is 290 g/mol. The Morgan fingerprint density at radius 3 is 2.76 bits per heavy atom. The van der Waals surface area contributed by atoms with Gasteiger partial charge in [-0.25, -0.2) is 0 Å². The standard InChI is InChI=1S/C14H15BrN2/c15-14-6-2-1-5-13(14)11-7-9-17-12(10-11)4-3-8-16/h1-2,5-7,9-10H,3-4,8,16H2. The molecular weight excluding hydrogens is 276 g/mol. The third-order valence-corrected chi connectivity index (χ3v) is 3.33. The molecule has 0 aliphatic rings. The van der Waals surface area contributed by atoms with Crippen molar-refractivity contribution in [3.8, 4) is 11.1 Å². The molecule has 0 bridgehead atoms. The van der Waals surface area contributed by atoms with Gasteiger partial charge in [-0.3, -0.25) is 4.98 Å². The maximum Gasteiger partial charge on any atom is 0.0410 e. The molecule has 1 aromatic heterocycles. The fourth-order valence-electron chi connectivity index (χ4n) is 1.76. The highest BCUT2D eigenvalue weighted by Crippen LogP contribution is 2.27. The van der Waals surface area contributed by atoms with Crippen LogP contribution in [0, 0.1) is 0 Å². The fraction of sp³-hybridized carbons (Fsp3) is 0.214. The number of aryl methyl sites for hydroxylation is 1. The zero-order valence-electron chi connectivity index (χ0n) is 9.57. The number of aromatic nitrogens is 1. The molecule has 0 radical (unpaired) electrons. The molecule has 17 heavy (non-hydrogen) atoms. The lowest BCUT2D eigenvalue weighted by molar-refractivity contribution is 0.811. The molecule has 0 aliphatic carbocycles. The number of hydrogen-bond acceptors (Lipinski definition) is 2. The summed E-state index contributed by atoms with van der Waals surface area (Å²) in [6.07, 6.45) is 3.78. The van der Waals surface area contributed by atoms with Gasteiger partial charge in [-0.15, -0.1) is 0 Å². The predicted molar refractivity (Wildman–Crippen MR) is 74.7 cm³/mol. The van der Waals surface area contributed by atoms with E-state index in [4.69, 9.17) is 5.73 Å². The molecule has 0 saturated heterocycles. The fourth-order valence-corrected chi connectivity index (χ4v) is 2.27. The molecule has 0 unspecified atom stereocenters. The Kier molecular flexibility index (Phi) is 4.29. The minimum Gasteiger partial charge on any atom is -0.330 e. The summed E-state index contributed by atoms with van der Waals surface area (Å²) >= 11 is 3.57. The topological polar surface area (TPSA) is 38.9 Å². The first-order valence-corrected chi connectivity index (χ1v) is 6.50. The zero-order valence-corrected chi connectivity index (χ0v) is 11.2. The molecule has 0 amide bonds. The van der Waals surface area contributed by atoms with Crippen LogP contribution < -0.4 is 5.73 Å². The van der Waals surface area contributed by atoms with Crippen molar-refractivity contribution in [2.24, 2.45) is 5.73 Å². The van der Waals surface area contributed by atoms with Crippen LogP contribution in [0.5, 0.6) is 0 Å². The first-order valence-electron chi connectivity index (χ1n) is 5.71. The second kappa shape index (κ2) is 5.94. The van der Waals surface area contributed by atoms with E-state index in [1.165, 1.54) is 11.1 Å². The van der Waals surface area contributed by atoms with Crippen LogP contribution in [0.1, 0.15) is 12.1 Å². The second-order valence-electron chi connectivity index (χ2n) is 3.91. The molecule has 2 rings (SSSR count). The third kappa shape index (κ3) is 3.14. The molecule has 88 valence electrons. The average Bonchev–Trinajstić information content (AvgIpc) is 2.37. The van der Waals surface area contributed by atoms with E-state index in [9.17, 15) is 0 Å². The Bertz CT molecular complexity index is 497. The number of rotatable bonds is 4. The minimum atomic E-state index is 0.709. The van der Waals surface area contributed by atoms with Crippen LogP contribution >= 0.6 is 15.9 Å². The molecule has 0 spiro atoms. The summed E-state index contributed by atoms with van der Waals surface area (Å²) in [5.74, 6) is 0. The Hall–Kier alpha value is -1.19. The molecule has 0 saturated carbocycles. The average molecular weight is 291 g/mol. The van der Waals surface area contributed by atoms with Crippen molar-refractivity contribution >= 4 is 15.9 Å². The molecule has 3 heteroatoms. The van der Waals surface area contributed by atoms with E-state index in [0.29, 0.717) is 6.54 Å². The molecule has 2 N–H and O–H groups in total. The summed E-state index contributed by atoms with van der Waals surface area (Å²) in [6.45, 7) is 0.709. The number of hydrogen-bond donors (Lipinski definition) is 1. The van der Waals surface area contributed by atoms with E-state index in [1.807, 2.05) is 24.4 Å². The van der Waals surface area contributed by atoms with Crippen LogP contribution in [-0.2, 0) is 6.42 Å². The van der Waals surface area contributed by atoms with Crippen molar-refractivity contribution < 1.29 is 0 Å². The second-order valence-corrected chi connectivity index (χ2v) is 4.76. The molecule has 1 heterocycles. The lowest BCUT2D eigenvalue weighted by atomic mass is 10.1. The first-order chi connectivity index (χ1) is 8.31. The Morgan fingerprint density at radius 1 is 1.18 bits per heavy atom. The smallest absolute Gasteiger partial charge is 0.0410 e. The maximum absolute atomic E-state index is 5.51. The first kappa shape index (κ1) is 12.3. The van der Waals surface area contributed by atoms with Crippen molar-refractivity contribution in [1.82, 2.24) is 4.98 Å². The highest BCUT2D eigenvalue weighted by molar-refractivity contribution is 9.10. The predicted octanol–water partition coefficient (Wildman–Crippen LogP) is 3.40. The van der Waals surface area contributed by atoms with Crippen molar-refractivity contribution in [2.75, 3.05) is 6.54 Å². The van der Waals surface area contributed by atoms with Crippen LogP contribution in [0.15, 0.2) is 47.1 Å². The Balaban J connectivity index is 2.30. The van der Waals surface area contributed by atoms with Crippen LogP contribution in [0.4, 0.5) is 0 Å². The molecule has 2 nitrogen and oxygen atoms in total. The molecule has 1 aromatic carbocycles. The molecule has 0 aliphatic heterocycles. The SMILES string of the molecule is NCCCc1cc(-c2ccccc2Br)ccn1. The van der Waals surface area contributed by atoms with Gasteiger partial charge in [0.2, 0.25) is 0 Å². The summed E-state index contributed by atoms with van der Waals surface area (Å²) in [5.41, 5.74) is 9.01. The summed E-state index contributed by atoms with van der Waals surface area (Å²) in [7, 11) is 0. The zero-order chi connectivity index (χ0) is 12.1. The van der Waals surface area contributed by atoms with Gasteiger partial charge in [0.15, 0.2) is 0 Å². The number of benzene rings is 1. The number of halogens is 1. The van der Waals surface area contributed by atoms with Gasteiger partial charge in [0, 0.05) is 16.4 Å². The maximum atomic E-state index is 5.51. The summed E-state index contributed by atoms with van der Waals surface area (Å²) in [4.78, 5) is 4.36. The summed E-state index contributed by atoms with van der Waals surface area (Å²) < 4.78 is 1.11. The van der Waals surface area contributed by atoms with Gasteiger partial charge in [-0.2, -0.15) is 0 Å². The van der Waals surface area contributed by atoms with Gasteiger partial charge in [-0.1, -0.05) is 34.1 Å². The molecule has 0 fully saturated rings. The van der Waals surface area contributed by atoms with Gasteiger partial charge >= 0.3 is 0 Å². The largest absolute Gasteiger partial charge is 0.330 e. The number of nitrogens with two attached hydrogens (primary N) is 1. The molecule has 0 atom stereocenters. The van der Waals surface area contributed by atoms with E-state index >= 15 is 0 Å². The van der Waals surface area contributed by atoms with Crippen molar-refractivity contribution in [2.45, 2.75) is 12.8 Å². The van der Waals surface area contributed by atoms with Crippen molar-refractivity contribution in [3.63, 3.8) is 0 Å². The normalized spacial score (nSPS) is 10.5. The van der Waals surface area contributed by atoms with E-state index in [1.54, 1.807) is 0 Å². The summed E-state index contributed by atoms with van der Waals surface area (Å²) in [6, 6.07) is 12.4. The van der Waals surface area contributed by atoms with E-state index in [-0.39, 0.29) is 0 Å². The highest BCUT2D eigenvalue weighted by Gasteiger charge is 2.03. The van der Waals surface area contributed by atoms with Gasteiger partial charge in [-0.05, 0) is 48.7 Å². The van der Waals surface area contributed by atoms with E-state index in [0.717, 1.165) is 23.0 Å². The Morgan fingerprint density at radius 2 is 2.00 bits per heavy atom. The van der Waals surface area contributed by atoms with Gasteiger partial charge in [0.1, 0.15) is 0 Å². The van der Waals surface area contributed by atoms with E-state index in [2.05, 4.69) is 39.1 Å². The van der Waals surface area contributed by atoms with Gasteiger partial charge in [0.05, 0.1) is 0 Å². The number of nitrogens with zero attached hydrogens (tertiary/aromatic N) is 1. The van der Waals surface area contributed by atoms with Crippen LogP contribution in [0.3, 0.4) is 0 Å². The molecule has 2 aromatic rings. The van der Waals surface area contributed by atoms with Crippen molar-refractivity contribution in [1.29, 1.82) is 0 Å². The lowest BCUT2D eigenvalue weighted by Crippen LogP contribution is -2.01. The third-order valence-electron chi connectivity index (χ3n) is 2.64. The number of pyridine rings is 1. The lowest BCUT2D eigenvalue weighted by Gasteiger charge is -2.06. The molecular formula is C14H15BrN2. The van der Waals surface area contributed by atoms with Crippen molar-refractivity contribution in [3.05, 3.63) is 52.8 Å². The van der Waals surface area contributed by atoms with Crippen LogP contribution in [-0.4, -0.2) is 11.5 Å². The van der Waals surface area contributed by atoms with Gasteiger partial charge < -0.3 is 5.73 Å². The van der Waals surface area contributed by atoms with Crippen LogP contribution in [0.25, 0.3) is 11.1 Å². The minimum absolute atomic E-state index is 0.709. The quantitative estimate of drug-likeness (QED) is 0.937. The van der Waals surface area contributed by atoms with E-state index < -0.39 is 0 Å². The highest BCUT2D eigenvalue weighted by atomic mass is 79.9. The van der Waals surface area contributed by atoms with Crippen LogP contribution in [0.2, 0.25) is 0 Å². The Labute approximate surface area is 110 Å². The summed E-state index contributed by atoms with van der Waals surface area (Å²) in [5, 5.41) is 0.